The van der Waals surface area contributed by atoms with Crippen molar-refractivity contribution in [1.82, 2.24) is 0 Å². The van der Waals surface area contributed by atoms with Crippen molar-refractivity contribution in [3.63, 3.8) is 0 Å². The summed E-state index contributed by atoms with van der Waals surface area (Å²) in [5, 5.41) is 0.671. The molecule has 3 aromatic rings. The third-order valence-corrected chi connectivity index (χ3v) is 5.45. The predicted molar refractivity (Wildman–Crippen MR) is 109 cm³/mol. The second-order valence-corrected chi connectivity index (χ2v) is 8.19. The van der Waals surface area contributed by atoms with E-state index < -0.39 is 11.6 Å². The lowest BCUT2D eigenvalue weighted by molar-refractivity contribution is 0.581. The van der Waals surface area contributed by atoms with Gasteiger partial charge in [-0.3, -0.25) is 0 Å². The van der Waals surface area contributed by atoms with Gasteiger partial charge in [-0.25, -0.2) is 8.78 Å². The molecule has 0 amide bonds. The number of allylic oxidation sites excluding steroid dienone is 1. The van der Waals surface area contributed by atoms with Gasteiger partial charge in [-0.1, -0.05) is 51.4 Å². The molecule has 5 heteroatoms. The Morgan fingerprint density at radius 1 is 0.962 bits per heavy atom. The second kappa shape index (κ2) is 8.85. The minimum absolute atomic E-state index is 0.361. The largest absolute Gasteiger partial charge is 0.207 e. The van der Waals surface area contributed by atoms with Crippen LogP contribution in [0.15, 0.2) is 81.0 Å². The van der Waals surface area contributed by atoms with Crippen molar-refractivity contribution in [2.75, 3.05) is 0 Å². The van der Waals surface area contributed by atoms with Crippen molar-refractivity contribution in [3.05, 3.63) is 104 Å². The van der Waals surface area contributed by atoms with Crippen LogP contribution in [0.4, 0.5) is 8.78 Å². The zero-order valence-electron chi connectivity index (χ0n) is 13.6. The van der Waals surface area contributed by atoms with Crippen LogP contribution in [0.5, 0.6) is 0 Å². The fourth-order valence-electron chi connectivity index (χ4n) is 2.37. The van der Waals surface area contributed by atoms with E-state index in [1.165, 1.54) is 12.1 Å². The molecule has 0 atom stereocenters. The van der Waals surface area contributed by atoms with Crippen molar-refractivity contribution in [1.29, 1.82) is 0 Å². The van der Waals surface area contributed by atoms with E-state index in [1.54, 1.807) is 17.8 Å². The fraction of sp³-hybridized carbons (Fsp3) is 0.0476. The number of halogens is 4. The first-order chi connectivity index (χ1) is 12.5. The van der Waals surface area contributed by atoms with E-state index in [9.17, 15) is 8.78 Å². The van der Waals surface area contributed by atoms with E-state index in [2.05, 4.69) is 15.9 Å². The van der Waals surface area contributed by atoms with Crippen molar-refractivity contribution in [3.8, 4) is 0 Å². The second-order valence-electron chi connectivity index (χ2n) is 5.64. The van der Waals surface area contributed by atoms with Gasteiger partial charge >= 0.3 is 0 Å². The van der Waals surface area contributed by atoms with Crippen LogP contribution in [0.25, 0.3) is 6.08 Å². The van der Waals surface area contributed by atoms with E-state index in [-0.39, 0.29) is 0 Å². The predicted octanol–water partition coefficient (Wildman–Crippen LogP) is 7.76. The normalized spacial score (nSPS) is 11.6. The number of thioether (sulfide) groups is 1. The Morgan fingerprint density at radius 3 is 2.31 bits per heavy atom. The molecule has 0 nitrogen and oxygen atoms in total. The van der Waals surface area contributed by atoms with Gasteiger partial charge < -0.3 is 0 Å². The fourth-order valence-corrected chi connectivity index (χ4v) is 3.76. The topological polar surface area (TPSA) is 0 Å². The molecular formula is C21H14BrClF2S. The molecule has 0 heterocycles. The summed E-state index contributed by atoms with van der Waals surface area (Å²) in [7, 11) is 0. The molecule has 3 aromatic carbocycles. The molecule has 0 saturated carbocycles. The van der Waals surface area contributed by atoms with Gasteiger partial charge in [0.1, 0.15) is 11.6 Å². The standard InChI is InChI=1S/C21H14BrClF2S/c22-16-4-9-19(10-5-16)26-20(11-14-1-6-17(23)7-2-14)12-15-3-8-18(24)13-21(15)25/h1-10,12-13H,11H2/b20-12+. The highest BCUT2D eigenvalue weighted by molar-refractivity contribution is 9.10. The monoisotopic (exact) mass is 450 g/mol. The van der Waals surface area contributed by atoms with Crippen molar-refractivity contribution >= 4 is 45.4 Å². The minimum Gasteiger partial charge on any atom is -0.207 e. The average molecular weight is 452 g/mol. The van der Waals surface area contributed by atoms with Gasteiger partial charge in [0, 0.05) is 32.4 Å². The maximum atomic E-state index is 14.1. The highest BCUT2D eigenvalue weighted by Gasteiger charge is 2.07. The molecule has 0 spiro atoms. The minimum atomic E-state index is -0.584. The van der Waals surface area contributed by atoms with Gasteiger partial charge in [0.25, 0.3) is 0 Å². The maximum Gasteiger partial charge on any atom is 0.133 e. The summed E-state index contributed by atoms with van der Waals surface area (Å²) in [6.45, 7) is 0. The summed E-state index contributed by atoms with van der Waals surface area (Å²) >= 11 is 10.9. The molecule has 0 fully saturated rings. The lowest BCUT2D eigenvalue weighted by Gasteiger charge is -2.09. The molecule has 0 aliphatic rings. The summed E-state index contributed by atoms with van der Waals surface area (Å²) < 4.78 is 28.2. The van der Waals surface area contributed by atoms with Gasteiger partial charge in [-0.2, -0.15) is 0 Å². The molecule has 3 rings (SSSR count). The van der Waals surface area contributed by atoms with Crippen LogP contribution in [-0.4, -0.2) is 0 Å². The van der Waals surface area contributed by atoms with E-state index >= 15 is 0 Å². The van der Waals surface area contributed by atoms with Crippen LogP contribution in [0.1, 0.15) is 11.1 Å². The Balaban J connectivity index is 1.92. The van der Waals surface area contributed by atoms with Gasteiger partial charge in [0.2, 0.25) is 0 Å². The van der Waals surface area contributed by atoms with Crippen LogP contribution >= 0.6 is 39.3 Å². The van der Waals surface area contributed by atoms with E-state index in [0.717, 1.165) is 25.9 Å². The summed E-state index contributed by atoms with van der Waals surface area (Å²) in [5.41, 5.74) is 1.42. The first kappa shape index (κ1) is 19.2. The average Bonchev–Trinajstić information content (AvgIpc) is 2.61. The van der Waals surface area contributed by atoms with Gasteiger partial charge in [-0.15, -0.1) is 0 Å². The molecule has 0 radical (unpaired) electrons. The quantitative estimate of drug-likeness (QED) is 0.357. The van der Waals surface area contributed by atoms with Gasteiger partial charge in [0.15, 0.2) is 0 Å². The van der Waals surface area contributed by atoms with Crippen molar-refractivity contribution in [2.45, 2.75) is 11.3 Å². The SMILES string of the molecule is Fc1ccc(/C=C(\Cc2ccc(Cl)cc2)Sc2ccc(Br)cc2)c(F)c1. The molecule has 0 aliphatic carbocycles. The Kier molecular flexibility index (Phi) is 6.52. The molecule has 26 heavy (non-hydrogen) atoms. The highest BCUT2D eigenvalue weighted by Crippen LogP contribution is 2.32. The molecule has 0 unspecified atom stereocenters. The lowest BCUT2D eigenvalue weighted by Crippen LogP contribution is -1.90. The van der Waals surface area contributed by atoms with Gasteiger partial charge in [-0.05, 0) is 65.1 Å². The number of benzene rings is 3. The summed E-state index contributed by atoms with van der Waals surface area (Å²) in [6, 6.07) is 19.1. The molecular weight excluding hydrogens is 438 g/mol. The summed E-state index contributed by atoms with van der Waals surface area (Å²) in [6.07, 6.45) is 2.38. The Bertz CT molecular complexity index is 872. The number of hydrogen-bond donors (Lipinski definition) is 0. The molecule has 0 saturated heterocycles. The van der Waals surface area contributed by atoms with E-state index in [4.69, 9.17) is 11.6 Å². The van der Waals surface area contributed by atoms with Crippen molar-refractivity contribution < 1.29 is 8.78 Å². The molecule has 132 valence electrons. The highest BCUT2D eigenvalue weighted by atomic mass is 79.9. The number of hydrogen-bond acceptors (Lipinski definition) is 1. The number of rotatable bonds is 5. The van der Waals surface area contributed by atoms with E-state index in [1.807, 2.05) is 48.5 Å². The Labute approximate surface area is 169 Å². The first-order valence-corrected chi connectivity index (χ1v) is 9.82. The Hall–Kier alpha value is -1.62. The lowest BCUT2D eigenvalue weighted by atomic mass is 10.1. The summed E-state index contributed by atoms with van der Waals surface area (Å²) in [4.78, 5) is 1.98. The smallest absolute Gasteiger partial charge is 0.133 e. The van der Waals surface area contributed by atoms with E-state index in [0.29, 0.717) is 17.0 Å². The summed E-state index contributed by atoms with van der Waals surface area (Å²) in [5.74, 6) is -1.16. The zero-order chi connectivity index (χ0) is 18.5. The molecule has 0 aromatic heterocycles. The molecule has 0 aliphatic heterocycles. The zero-order valence-corrected chi connectivity index (χ0v) is 16.7. The van der Waals surface area contributed by atoms with Gasteiger partial charge in [0.05, 0.1) is 0 Å². The maximum absolute atomic E-state index is 14.1. The molecule has 0 N–H and O–H groups in total. The molecule has 0 bridgehead atoms. The van der Waals surface area contributed by atoms with Crippen LogP contribution in [0.2, 0.25) is 5.02 Å². The Morgan fingerprint density at radius 2 is 1.65 bits per heavy atom. The van der Waals surface area contributed by atoms with Crippen LogP contribution in [-0.2, 0) is 6.42 Å². The van der Waals surface area contributed by atoms with Crippen LogP contribution < -0.4 is 0 Å². The van der Waals surface area contributed by atoms with Crippen LogP contribution in [0, 0.1) is 11.6 Å². The first-order valence-electron chi connectivity index (χ1n) is 7.83. The third-order valence-electron chi connectivity index (χ3n) is 3.63. The van der Waals surface area contributed by atoms with Crippen molar-refractivity contribution in [2.24, 2.45) is 0 Å². The van der Waals surface area contributed by atoms with Crippen LogP contribution in [0.3, 0.4) is 0 Å². The third kappa shape index (κ3) is 5.44.